The topological polar surface area (TPSA) is 28.2 Å². The van der Waals surface area contributed by atoms with Crippen molar-refractivity contribution in [2.45, 2.75) is 39.7 Å². The molecule has 1 aromatic rings. The van der Waals surface area contributed by atoms with E-state index in [0.29, 0.717) is 0 Å². The summed E-state index contributed by atoms with van der Waals surface area (Å²) in [5, 5.41) is 4.34. The highest BCUT2D eigenvalue weighted by Crippen LogP contribution is 2.24. The molecule has 2 heterocycles. The van der Waals surface area contributed by atoms with Crippen LogP contribution in [0.25, 0.3) is 0 Å². The molecule has 0 spiro atoms. The summed E-state index contributed by atoms with van der Waals surface area (Å²) >= 11 is 1.80. The van der Waals surface area contributed by atoms with Crippen molar-refractivity contribution in [3.8, 4) is 0 Å². The predicted octanol–water partition coefficient (Wildman–Crippen LogP) is 3.20. The van der Waals surface area contributed by atoms with Crippen LogP contribution < -0.4 is 5.32 Å². The molecule has 3 nitrogen and oxygen atoms in total. The molecule has 1 saturated heterocycles. The van der Waals surface area contributed by atoms with Gasteiger partial charge in [0.15, 0.2) is 5.13 Å². The summed E-state index contributed by atoms with van der Waals surface area (Å²) in [5.74, 6) is 0.907. The maximum absolute atomic E-state index is 4.39. The van der Waals surface area contributed by atoms with Gasteiger partial charge in [0.2, 0.25) is 0 Å². The largest absolute Gasteiger partial charge is 0.362 e. The van der Waals surface area contributed by atoms with E-state index in [-0.39, 0.29) is 0 Å². The van der Waals surface area contributed by atoms with Crippen LogP contribution in [0, 0.1) is 5.92 Å². The third-order valence-electron chi connectivity index (χ3n) is 3.44. The number of hydrogen-bond acceptors (Lipinski definition) is 4. The summed E-state index contributed by atoms with van der Waals surface area (Å²) in [6.45, 7) is 8.98. The van der Waals surface area contributed by atoms with E-state index >= 15 is 0 Å². The Morgan fingerprint density at radius 2 is 2.41 bits per heavy atom. The molecule has 4 heteroatoms. The lowest BCUT2D eigenvalue weighted by molar-refractivity contribution is 0.166. The van der Waals surface area contributed by atoms with E-state index in [1.165, 1.54) is 37.2 Å². The van der Waals surface area contributed by atoms with Crippen molar-refractivity contribution < 1.29 is 0 Å². The number of nitrogens with one attached hydrogen (secondary N) is 1. The fraction of sp³-hybridized carbons (Fsp3) is 0.769. The molecule has 1 N–H and O–H groups in total. The Morgan fingerprint density at radius 3 is 3.18 bits per heavy atom. The first-order valence-corrected chi connectivity index (χ1v) is 7.54. The molecule has 17 heavy (non-hydrogen) atoms. The molecular formula is C13H23N3S. The minimum Gasteiger partial charge on any atom is -0.362 e. The van der Waals surface area contributed by atoms with Crippen LogP contribution in [0.5, 0.6) is 0 Å². The van der Waals surface area contributed by atoms with Gasteiger partial charge in [0, 0.05) is 30.7 Å². The van der Waals surface area contributed by atoms with Gasteiger partial charge in [-0.15, -0.1) is 11.3 Å². The molecule has 1 fully saturated rings. The van der Waals surface area contributed by atoms with Crippen molar-refractivity contribution in [1.82, 2.24) is 9.88 Å². The Bertz CT molecular complexity index is 337. The summed E-state index contributed by atoms with van der Waals surface area (Å²) in [7, 11) is 0. The number of anilines is 1. The number of aromatic nitrogens is 1. The lowest BCUT2D eigenvalue weighted by Gasteiger charge is -2.31. The summed E-state index contributed by atoms with van der Waals surface area (Å²) in [6.07, 6.45) is 6.12. The highest BCUT2D eigenvalue weighted by Gasteiger charge is 2.18. The van der Waals surface area contributed by atoms with Gasteiger partial charge in [-0.1, -0.05) is 13.3 Å². The number of nitrogens with zero attached hydrogens (tertiary/aromatic N) is 2. The Labute approximate surface area is 108 Å². The van der Waals surface area contributed by atoms with Gasteiger partial charge in [-0.05, 0) is 32.2 Å². The zero-order valence-electron chi connectivity index (χ0n) is 10.9. The van der Waals surface area contributed by atoms with Gasteiger partial charge in [-0.3, -0.25) is 4.90 Å². The van der Waals surface area contributed by atoms with Crippen LogP contribution >= 0.6 is 11.3 Å². The van der Waals surface area contributed by atoms with Crippen LogP contribution in [0.1, 0.15) is 38.0 Å². The molecule has 0 radical (unpaired) electrons. The second kappa shape index (κ2) is 6.36. The van der Waals surface area contributed by atoms with E-state index in [2.05, 4.69) is 29.0 Å². The second-order valence-corrected chi connectivity index (χ2v) is 5.93. The average molecular weight is 253 g/mol. The third-order valence-corrected chi connectivity index (χ3v) is 4.38. The Kier molecular flexibility index (Phi) is 4.80. The molecule has 96 valence electrons. The van der Waals surface area contributed by atoms with Gasteiger partial charge >= 0.3 is 0 Å². The van der Waals surface area contributed by atoms with E-state index in [9.17, 15) is 0 Å². The molecule has 1 unspecified atom stereocenters. The molecule has 0 aromatic carbocycles. The first-order chi connectivity index (χ1) is 8.31. The maximum Gasteiger partial charge on any atom is 0.182 e. The molecule has 0 bridgehead atoms. The Hall–Kier alpha value is -0.610. The van der Waals surface area contributed by atoms with Crippen molar-refractivity contribution in [2.75, 3.05) is 25.0 Å². The normalized spacial score (nSPS) is 21.6. The zero-order chi connectivity index (χ0) is 12.1. The number of thiazole rings is 1. The van der Waals surface area contributed by atoms with Gasteiger partial charge in [-0.25, -0.2) is 4.98 Å². The zero-order valence-corrected chi connectivity index (χ0v) is 11.7. The van der Waals surface area contributed by atoms with Crippen LogP contribution in [-0.2, 0) is 6.54 Å². The molecule has 2 rings (SSSR count). The van der Waals surface area contributed by atoms with Gasteiger partial charge in [0.05, 0.1) is 0 Å². The van der Waals surface area contributed by atoms with Crippen LogP contribution in [0.2, 0.25) is 0 Å². The Balaban J connectivity index is 1.86. The molecule has 0 saturated carbocycles. The summed E-state index contributed by atoms with van der Waals surface area (Å²) in [4.78, 5) is 8.36. The van der Waals surface area contributed by atoms with Gasteiger partial charge < -0.3 is 5.32 Å². The molecule has 1 aliphatic heterocycles. The fourth-order valence-corrected chi connectivity index (χ4v) is 3.38. The van der Waals surface area contributed by atoms with Crippen LogP contribution in [0.15, 0.2) is 6.20 Å². The molecule has 1 aromatic heterocycles. The first kappa shape index (κ1) is 12.8. The molecule has 1 aliphatic rings. The van der Waals surface area contributed by atoms with E-state index < -0.39 is 0 Å². The van der Waals surface area contributed by atoms with E-state index in [0.717, 1.165) is 24.1 Å². The van der Waals surface area contributed by atoms with Crippen LogP contribution in [0.4, 0.5) is 5.13 Å². The van der Waals surface area contributed by atoms with Crippen LogP contribution in [-0.4, -0.2) is 29.5 Å². The van der Waals surface area contributed by atoms with Crippen molar-refractivity contribution in [2.24, 2.45) is 5.92 Å². The average Bonchev–Trinajstić information content (AvgIpc) is 2.77. The van der Waals surface area contributed by atoms with Crippen molar-refractivity contribution in [3.63, 3.8) is 0 Å². The minimum atomic E-state index is 0.907. The smallest absolute Gasteiger partial charge is 0.182 e. The second-order valence-electron chi connectivity index (χ2n) is 4.81. The fourth-order valence-electron chi connectivity index (χ4n) is 2.46. The molecular weight excluding hydrogens is 230 g/mol. The first-order valence-electron chi connectivity index (χ1n) is 6.72. The van der Waals surface area contributed by atoms with E-state index in [4.69, 9.17) is 0 Å². The van der Waals surface area contributed by atoms with Crippen molar-refractivity contribution >= 4 is 16.5 Å². The molecule has 0 aliphatic carbocycles. The maximum atomic E-state index is 4.39. The number of hydrogen-bond donors (Lipinski definition) is 1. The standard InChI is InChI=1S/C13H23N3S/c1-3-11-6-5-7-16(9-11)10-12-8-15-13(17-12)14-4-2/h8,11H,3-7,9-10H2,1-2H3,(H,14,15). The van der Waals surface area contributed by atoms with Gasteiger partial charge in [-0.2, -0.15) is 0 Å². The Morgan fingerprint density at radius 1 is 1.53 bits per heavy atom. The number of piperidine rings is 1. The SMILES string of the molecule is CCNc1ncc(CN2CCCC(CC)C2)s1. The third kappa shape index (κ3) is 3.68. The van der Waals surface area contributed by atoms with Gasteiger partial charge in [0.25, 0.3) is 0 Å². The summed E-state index contributed by atoms with van der Waals surface area (Å²) < 4.78 is 0. The van der Waals surface area contributed by atoms with E-state index in [1.54, 1.807) is 11.3 Å². The van der Waals surface area contributed by atoms with Crippen molar-refractivity contribution in [3.05, 3.63) is 11.1 Å². The summed E-state index contributed by atoms with van der Waals surface area (Å²) in [6, 6.07) is 0. The minimum absolute atomic E-state index is 0.907. The monoisotopic (exact) mass is 253 g/mol. The quantitative estimate of drug-likeness (QED) is 0.873. The number of rotatable bonds is 5. The van der Waals surface area contributed by atoms with Crippen LogP contribution in [0.3, 0.4) is 0 Å². The van der Waals surface area contributed by atoms with E-state index in [1.807, 2.05) is 6.20 Å². The molecule has 0 amide bonds. The predicted molar refractivity (Wildman–Crippen MR) is 74.6 cm³/mol. The number of likely N-dealkylation sites (tertiary alicyclic amines) is 1. The highest BCUT2D eigenvalue weighted by atomic mass is 32.1. The lowest BCUT2D eigenvalue weighted by atomic mass is 9.96. The molecule has 1 atom stereocenters. The van der Waals surface area contributed by atoms with Crippen molar-refractivity contribution in [1.29, 1.82) is 0 Å². The summed E-state index contributed by atoms with van der Waals surface area (Å²) in [5.41, 5.74) is 0. The van der Waals surface area contributed by atoms with Gasteiger partial charge in [0.1, 0.15) is 0 Å². The lowest BCUT2D eigenvalue weighted by Crippen LogP contribution is -2.34. The highest BCUT2D eigenvalue weighted by molar-refractivity contribution is 7.15.